The van der Waals surface area contributed by atoms with Crippen molar-refractivity contribution in [3.8, 4) is 0 Å². The van der Waals surface area contributed by atoms with Crippen LogP contribution in [0.4, 0.5) is 0 Å². The summed E-state index contributed by atoms with van der Waals surface area (Å²) in [5.74, 6) is -0.0891. The van der Waals surface area contributed by atoms with Crippen molar-refractivity contribution in [1.29, 1.82) is 0 Å². The Bertz CT molecular complexity index is 272. The molecule has 0 radical (unpaired) electrons. The van der Waals surface area contributed by atoms with Gasteiger partial charge in [-0.15, -0.1) is 0 Å². The summed E-state index contributed by atoms with van der Waals surface area (Å²) in [4.78, 5) is 10.9. The molecular formula is C19H36O3. The number of methoxy groups -OCH3 is 1. The number of allylic oxidation sites excluding steroid dienone is 2. The smallest absolute Gasteiger partial charge is 0.305 e. The van der Waals surface area contributed by atoms with E-state index < -0.39 is 0 Å². The van der Waals surface area contributed by atoms with E-state index in [2.05, 4.69) is 16.9 Å². The van der Waals surface area contributed by atoms with Crippen molar-refractivity contribution in [3.05, 3.63) is 12.2 Å². The molecule has 0 spiro atoms. The maximum Gasteiger partial charge on any atom is 0.305 e. The van der Waals surface area contributed by atoms with Gasteiger partial charge in [-0.3, -0.25) is 4.79 Å². The second-order valence-corrected chi connectivity index (χ2v) is 6.19. The summed E-state index contributed by atoms with van der Waals surface area (Å²) in [6, 6.07) is 0. The van der Waals surface area contributed by atoms with Gasteiger partial charge in [-0.2, -0.15) is 0 Å². The summed E-state index contributed by atoms with van der Waals surface area (Å²) >= 11 is 0. The van der Waals surface area contributed by atoms with Gasteiger partial charge in [0.15, 0.2) is 0 Å². The van der Waals surface area contributed by atoms with Crippen LogP contribution in [-0.2, 0) is 9.53 Å². The van der Waals surface area contributed by atoms with Crippen LogP contribution >= 0.6 is 0 Å². The number of hydrogen-bond acceptors (Lipinski definition) is 3. The van der Waals surface area contributed by atoms with Gasteiger partial charge in [0.1, 0.15) is 0 Å². The molecule has 22 heavy (non-hydrogen) atoms. The second-order valence-electron chi connectivity index (χ2n) is 6.19. The van der Waals surface area contributed by atoms with Crippen molar-refractivity contribution >= 4 is 5.97 Å². The van der Waals surface area contributed by atoms with Crippen molar-refractivity contribution in [2.75, 3.05) is 7.11 Å². The molecule has 1 unspecified atom stereocenters. The van der Waals surface area contributed by atoms with Gasteiger partial charge in [0.05, 0.1) is 13.2 Å². The predicted octanol–water partition coefficient (Wildman–Crippen LogP) is 5.17. The molecule has 3 heteroatoms. The van der Waals surface area contributed by atoms with Crippen molar-refractivity contribution in [3.63, 3.8) is 0 Å². The van der Waals surface area contributed by atoms with Crippen LogP contribution in [0.1, 0.15) is 90.4 Å². The van der Waals surface area contributed by atoms with Crippen LogP contribution in [0.25, 0.3) is 0 Å². The topological polar surface area (TPSA) is 46.5 Å². The highest BCUT2D eigenvalue weighted by atomic mass is 16.5. The summed E-state index contributed by atoms with van der Waals surface area (Å²) in [5.41, 5.74) is 0. The summed E-state index contributed by atoms with van der Waals surface area (Å²) in [6.07, 6.45) is 19.1. The number of unbranched alkanes of at least 4 members (excludes halogenated alkanes) is 9. The molecule has 0 heterocycles. The van der Waals surface area contributed by atoms with Crippen LogP contribution in [0.2, 0.25) is 0 Å². The highest BCUT2D eigenvalue weighted by molar-refractivity contribution is 5.68. The Morgan fingerprint density at radius 1 is 0.909 bits per heavy atom. The predicted molar refractivity (Wildman–Crippen MR) is 92.9 cm³/mol. The lowest BCUT2D eigenvalue weighted by molar-refractivity contribution is -0.140. The Hall–Kier alpha value is -0.830. The maximum atomic E-state index is 10.9. The Kier molecular flexibility index (Phi) is 15.9. The molecule has 0 fully saturated rings. The molecule has 0 saturated carbocycles. The molecule has 0 aromatic rings. The van der Waals surface area contributed by atoms with Gasteiger partial charge in [-0.05, 0) is 45.4 Å². The van der Waals surface area contributed by atoms with E-state index in [1.807, 2.05) is 6.92 Å². The minimum atomic E-state index is -0.139. The molecule has 0 aliphatic rings. The number of carbonyl (C=O) groups excluding carboxylic acids is 1. The number of aliphatic hydroxyl groups excluding tert-OH is 1. The van der Waals surface area contributed by atoms with Crippen LogP contribution < -0.4 is 0 Å². The van der Waals surface area contributed by atoms with E-state index in [-0.39, 0.29) is 12.1 Å². The summed E-state index contributed by atoms with van der Waals surface area (Å²) < 4.78 is 4.61. The van der Waals surface area contributed by atoms with E-state index >= 15 is 0 Å². The lowest BCUT2D eigenvalue weighted by Crippen LogP contribution is -1.98. The van der Waals surface area contributed by atoms with Crippen LogP contribution in [0.5, 0.6) is 0 Å². The number of esters is 1. The zero-order valence-corrected chi connectivity index (χ0v) is 14.7. The molecule has 0 aromatic heterocycles. The van der Waals surface area contributed by atoms with Crippen LogP contribution in [0, 0.1) is 0 Å². The van der Waals surface area contributed by atoms with E-state index in [4.69, 9.17) is 5.11 Å². The normalized spacial score (nSPS) is 12.7. The summed E-state index contributed by atoms with van der Waals surface area (Å²) in [6.45, 7) is 1.86. The molecule has 0 aromatic carbocycles. The van der Waals surface area contributed by atoms with Gasteiger partial charge in [0.25, 0.3) is 0 Å². The summed E-state index contributed by atoms with van der Waals surface area (Å²) in [5, 5.41) is 9.15. The number of rotatable bonds is 15. The SMILES string of the molecule is COC(=O)CCCCCCC/C=C\CCCCCCC(C)O. The van der Waals surface area contributed by atoms with E-state index in [9.17, 15) is 4.79 Å². The molecule has 0 aliphatic heterocycles. The zero-order chi connectivity index (χ0) is 16.5. The fourth-order valence-corrected chi connectivity index (χ4v) is 2.46. The molecule has 1 atom stereocenters. The Morgan fingerprint density at radius 2 is 1.41 bits per heavy atom. The van der Waals surface area contributed by atoms with Crippen LogP contribution in [0.15, 0.2) is 12.2 Å². The third-order valence-corrected chi connectivity index (χ3v) is 3.89. The molecule has 0 aliphatic carbocycles. The first-order valence-corrected chi connectivity index (χ1v) is 9.06. The molecule has 3 nitrogen and oxygen atoms in total. The lowest BCUT2D eigenvalue weighted by atomic mass is 10.1. The van der Waals surface area contributed by atoms with Gasteiger partial charge >= 0.3 is 5.97 Å². The second kappa shape index (κ2) is 16.5. The molecular weight excluding hydrogens is 276 g/mol. The van der Waals surface area contributed by atoms with Crippen molar-refractivity contribution in [2.45, 2.75) is 96.5 Å². The van der Waals surface area contributed by atoms with Crippen LogP contribution in [-0.4, -0.2) is 24.3 Å². The third kappa shape index (κ3) is 17.2. The Morgan fingerprint density at radius 3 is 1.95 bits per heavy atom. The van der Waals surface area contributed by atoms with Gasteiger partial charge < -0.3 is 9.84 Å². The fraction of sp³-hybridized carbons (Fsp3) is 0.842. The molecule has 0 saturated heterocycles. The molecule has 1 N–H and O–H groups in total. The fourth-order valence-electron chi connectivity index (χ4n) is 2.46. The first-order chi connectivity index (χ1) is 10.7. The zero-order valence-electron chi connectivity index (χ0n) is 14.7. The number of aliphatic hydroxyl groups is 1. The quantitative estimate of drug-likeness (QED) is 0.258. The first-order valence-electron chi connectivity index (χ1n) is 9.06. The van der Waals surface area contributed by atoms with E-state index in [0.29, 0.717) is 6.42 Å². The van der Waals surface area contributed by atoms with Gasteiger partial charge in [-0.25, -0.2) is 0 Å². The third-order valence-electron chi connectivity index (χ3n) is 3.89. The van der Waals surface area contributed by atoms with E-state index in [1.54, 1.807) is 0 Å². The van der Waals surface area contributed by atoms with E-state index in [1.165, 1.54) is 58.5 Å². The number of hydrogen-bond donors (Lipinski definition) is 1. The largest absolute Gasteiger partial charge is 0.469 e. The molecule has 0 amide bonds. The molecule has 130 valence electrons. The Labute approximate surface area is 137 Å². The Balaban J connectivity index is 3.13. The summed E-state index contributed by atoms with van der Waals surface area (Å²) in [7, 11) is 1.45. The average molecular weight is 312 g/mol. The maximum absolute atomic E-state index is 10.9. The highest BCUT2D eigenvalue weighted by Gasteiger charge is 1.98. The minimum Gasteiger partial charge on any atom is -0.469 e. The number of ether oxygens (including phenoxy) is 1. The van der Waals surface area contributed by atoms with Gasteiger partial charge in [0, 0.05) is 6.42 Å². The standard InChI is InChI=1S/C19H36O3/c1-18(20)16-14-12-10-8-6-4-3-5-7-9-11-13-15-17-19(21)22-2/h3-4,18,20H,5-17H2,1-2H3/b4-3-. The van der Waals surface area contributed by atoms with Crippen molar-refractivity contribution in [1.82, 2.24) is 0 Å². The van der Waals surface area contributed by atoms with Crippen molar-refractivity contribution in [2.24, 2.45) is 0 Å². The molecule has 0 rings (SSSR count). The average Bonchev–Trinajstić information content (AvgIpc) is 2.50. The molecule has 0 bridgehead atoms. The van der Waals surface area contributed by atoms with Gasteiger partial charge in [-0.1, -0.05) is 50.7 Å². The highest BCUT2D eigenvalue weighted by Crippen LogP contribution is 2.10. The monoisotopic (exact) mass is 312 g/mol. The first kappa shape index (κ1) is 21.2. The van der Waals surface area contributed by atoms with E-state index in [0.717, 1.165) is 25.7 Å². The minimum absolute atomic E-state index is 0.0891. The van der Waals surface area contributed by atoms with Gasteiger partial charge in [0.2, 0.25) is 0 Å². The lowest BCUT2D eigenvalue weighted by Gasteiger charge is -2.02. The number of carbonyl (C=O) groups is 1. The van der Waals surface area contributed by atoms with Crippen LogP contribution in [0.3, 0.4) is 0 Å². The van der Waals surface area contributed by atoms with Crippen molar-refractivity contribution < 1.29 is 14.6 Å².